The standard InChI is InChI=1S/C16H21N5O2/c1-12(2)23-14-5-6-15(17-10-14)16(22)21-8-3-4-13(21)11-20-9-7-18-19-20/h5-7,9-10,12-13H,3-4,8,11H2,1-2H3/t13-/m0/s1. The molecule has 122 valence electrons. The van der Waals surface area contributed by atoms with E-state index in [4.69, 9.17) is 4.74 Å². The normalized spacial score (nSPS) is 17.7. The van der Waals surface area contributed by atoms with Gasteiger partial charge in [0.15, 0.2) is 0 Å². The van der Waals surface area contributed by atoms with Gasteiger partial charge in [-0.1, -0.05) is 5.21 Å². The van der Waals surface area contributed by atoms with Crippen LogP contribution in [0.1, 0.15) is 37.2 Å². The molecule has 2 aromatic rings. The van der Waals surface area contributed by atoms with Gasteiger partial charge in [0.2, 0.25) is 0 Å². The summed E-state index contributed by atoms with van der Waals surface area (Å²) in [5.74, 6) is 0.640. The lowest BCUT2D eigenvalue weighted by Crippen LogP contribution is -2.38. The average Bonchev–Trinajstić information content (AvgIpc) is 3.19. The summed E-state index contributed by atoms with van der Waals surface area (Å²) in [5.41, 5.74) is 0.451. The van der Waals surface area contributed by atoms with Crippen LogP contribution in [0.4, 0.5) is 0 Å². The second-order valence-corrected chi connectivity index (χ2v) is 5.97. The van der Waals surface area contributed by atoms with Crippen LogP contribution in [0.5, 0.6) is 5.75 Å². The summed E-state index contributed by atoms with van der Waals surface area (Å²) >= 11 is 0. The molecule has 1 aliphatic rings. The van der Waals surface area contributed by atoms with Crippen molar-refractivity contribution in [2.24, 2.45) is 0 Å². The molecule has 7 nitrogen and oxygen atoms in total. The minimum atomic E-state index is -0.0382. The Morgan fingerprint density at radius 2 is 2.30 bits per heavy atom. The number of aromatic nitrogens is 4. The van der Waals surface area contributed by atoms with E-state index in [9.17, 15) is 4.79 Å². The van der Waals surface area contributed by atoms with Crippen LogP contribution in [-0.4, -0.2) is 49.5 Å². The van der Waals surface area contributed by atoms with E-state index in [0.717, 1.165) is 19.4 Å². The molecule has 0 aliphatic carbocycles. The van der Waals surface area contributed by atoms with E-state index < -0.39 is 0 Å². The molecule has 0 bridgehead atoms. The first-order valence-corrected chi connectivity index (χ1v) is 7.91. The SMILES string of the molecule is CC(C)Oc1ccc(C(=O)N2CCC[C@H]2Cn2ccnn2)nc1. The number of hydrogen-bond acceptors (Lipinski definition) is 5. The van der Waals surface area contributed by atoms with Crippen molar-refractivity contribution in [2.45, 2.75) is 45.4 Å². The van der Waals surface area contributed by atoms with Crippen molar-refractivity contribution >= 4 is 5.91 Å². The summed E-state index contributed by atoms with van der Waals surface area (Å²) in [6.07, 6.45) is 7.13. The fourth-order valence-corrected chi connectivity index (χ4v) is 2.83. The van der Waals surface area contributed by atoms with Gasteiger partial charge in [-0.05, 0) is 38.8 Å². The Morgan fingerprint density at radius 1 is 1.43 bits per heavy atom. The number of amides is 1. The van der Waals surface area contributed by atoms with Crippen molar-refractivity contribution in [1.82, 2.24) is 24.9 Å². The maximum Gasteiger partial charge on any atom is 0.272 e. The van der Waals surface area contributed by atoms with Gasteiger partial charge >= 0.3 is 0 Å². The molecule has 2 aromatic heterocycles. The smallest absolute Gasteiger partial charge is 0.272 e. The maximum atomic E-state index is 12.7. The zero-order chi connectivity index (χ0) is 16.2. The third-order valence-corrected chi connectivity index (χ3v) is 3.83. The molecule has 23 heavy (non-hydrogen) atoms. The van der Waals surface area contributed by atoms with Gasteiger partial charge in [0.1, 0.15) is 11.4 Å². The molecule has 7 heteroatoms. The van der Waals surface area contributed by atoms with Gasteiger partial charge in [0.05, 0.1) is 31.1 Å². The van der Waals surface area contributed by atoms with E-state index in [1.165, 1.54) is 0 Å². The van der Waals surface area contributed by atoms with Crippen molar-refractivity contribution in [2.75, 3.05) is 6.54 Å². The maximum absolute atomic E-state index is 12.7. The Morgan fingerprint density at radius 3 is 2.96 bits per heavy atom. The van der Waals surface area contributed by atoms with Crippen LogP contribution in [0.15, 0.2) is 30.7 Å². The Bertz CT molecular complexity index is 639. The molecule has 1 atom stereocenters. The third kappa shape index (κ3) is 3.67. The monoisotopic (exact) mass is 315 g/mol. The number of ether oxygens (including phenoxy) is 1. The summed E-state index contributed by atoms with van der Waals surface area (Å²) in [5, 5.41) is 7.79. The Labute approximate surface area is 135 Å². The van der Waals surface area contributed by atoms with Crippen LogP contribution in [0.25, 0.3) is 0 Å². The number of carbonyl (C=O) groups excluding carboxylic acids is 1. The Kier molecular flexibility index (Phi) is 4.55. The van der Waals surface area contributed by atoms with Crippen molar-refractivity contribution in [1.29, 1.82) is 0 Å². The minimum Gasteiger partial charge on any atom is -0.489 e. The first kappa shape index (κ1) is 15.5. The van der Waals surface area contributed by atoms with Gasteiger partial charge in [0, 0.05) is 12.7 Å². The molecule has 0 unspecified atom stereocenters. The highest BCUT2D eigenvalue weighted by molar-refractivity contribution is 5.92. The van der Waals surface area contributed by atoms with Gasteiger partial charge in [-0.2, -0.15) is 0 Å². The van der Waals surface area contributed by atoms with Crippen molar-refractivity contribution in [3.05, 3.63) is 36.4 Å². The number of pyridine rings is 1. The molecule has 0 spiro atoms. The first-order valence-electron chi connectivity index (χ1n) is 7.91. The molecule has 1 amide bonds. The molecule has 0 radical (unpaired) electrons. The van der Waals surface area contributed by atoms with E-state index in [1.54, 1.807) is 29.2 Å². The lowest BCUT2D eigenvalue weighted by molar-refractivity contribution is 0.0715. The second kappa shape index (κ2) is 6.76. The summed E-state index contributed by atoms with van der Waals surface area (Å²) in [6, 6.07) is 3.66. The molecule has 0 N–H and O–H groups in total. The molecule has 0 aromatic carbocycles. The average molecular weight is 315 g/mol. The lowest BCUT2D eigenvalue weighted by atomic mass is 10.2. The van der Waals surface area contributed by atoms with E-state index in [0.29, 0.717) is 18.0 Å². The molecule has 1 aliphatic heterocycles. The topological polar surface area (TPSA) is 73.1 Å². The number of hydrogen-bond donors (Lipinski definition) is 0. The van der Waals surface area contributed by atoms with Crippen LogP contribution in [0.3, 0.4) is 0 Å². The summed E-state index contributed by atoms with van der Waals surface area (Å²) in [6.45, 7) is 5.33. The van der Waals surface area contributed by atoms with Crippen LogP contribution >= 0.6 is 0 Å². The van der Waals surface area contributed by atoms with Crippen molar-refractivity contribution in [3.63, 3.8) is 0 Å². The molecule has 1 saturated heterocycles. The highest BCUT2D eigenvalue weighted by atomic mass is 16.5. The van der Waals surface area contributed by atoms with Gasteiger partial charge in [-0.25, -0.2) is 4.98 Å². The highest BCUT2D eigenvalue weighted by Crippen LogP contribution is 2.21. The van der Waals surface area contributed by atoms with Crippen molar-refractivity contribution < 1.29 is 9.53 Å². The Hall–Kier alpha value is -2.44. The molecule has 3 heterocycles. The number of likely N-dealkylation sites (tertiary alicyclic amines) is 1. The molecule has 0 saturated carbocycles. The minimum absolute atomic E-state index is 0.0382. The summed E-state index contributed by atoms with van der Waals surface area (Å²) in [7, 11) is 0. The van der Waals surface area contributed by atoms with Gasteiger partial charge in [-0.3, -0.25) is 9.48 Å². The Balaban J connectivity index is 1.68. The summed E-state index contributed by atoms with van der Waals surface area (Å²) in [4.78, 5) is 18.8. The largest absolute Gasteiger partial charge is 0.489 e. The van der Waals surface area contributed by atoms with Crippen LogP contribution in [0.2, 0.25) is 0 Å². The van der Waals surface area contributed by atoms with Crippen LogP contribution < -0.4 is 4.74 Å². The number of rotatable bonds is 5. The first-order chi connectivity index (χ1) is 11.1. The predicted molar refractivity (Wildman–Crippen MR) is 84.1 cm³/mol. The van der Waals surface area contributed by atoms with Crippen LogP contribution in [0, 0.1) is 0 Å². The van der Waals surface area contributed by atoms with Crippen molar-refractivity contribution in [3.8, 4) is 5.75 Å². The highest BCUT2D eigenvalue weighted by Gasteiger charge is 2.30. The number of nitrogens with zero attached hydrogens (tertiary/aromatic N) is 5. The zero-order valence-electron chi connectivity index (χ0n) is 13.4. The van der Waals surface area contributed by atoms with E-state index in [2.05, 4.69) is 15.3 Å². The molecule has 1 fully saturated rings. The quantitative estimate of drug-likeness (QED) is 0.840. The van der Waals surface area contributed by atoms with E-state index in [1.807, 2.05) is 24.9 Å². The third-order valence-electron chi connectivity index (χ3n) is 3.83. The van der Waals surface area contributed by atoms with Gasteiger partial charge in [0.25, 0.3) is 5.91 Å². The predicted octanol–water partition coefficient (Wildman–Crippen LogP) is 1.77. The fraction of sp³-hybridized carbons (Fsp3) is 0.500. The van der Waals surface area contributed by atoms with E-state index >= 15 is 0 Å². The zero-order valence-corrected chi connectivity index (χ0v) is 13.4. The second-order valence-electron chi connectivity index (χ2n) is 5.97. The summed E-state index contributed by atoms with van der Waals surface area (Å²) < 4.78 is 7.33. The lowest BCUT2D eigenvalue weighted by Gasteiger charge is -2.24. The fourth-order valence-electron chi connectivity index (χ4n) is 2.83. The number of carbonyl (C=O) groups is 1. The van der Waals surface area contributed by atoms with E-state index in [-0.39, 0.29) is 18.1 Å². The van der Waals surface area contributed by atoms with Gasteiger partial charge in [-0.15, -0.1) is 5.10 Å². The van der Waals surface area contributed by atoms with Crippen LogP contribution in [-0.2, 0) is 6.54 Å². The van der Waals surface area contributed by atoms with Gasteiger partial charge < -0.3 is 9.64 Å². The molecular formula is C16H21N5O2. The molecular weight excluding hydrogens is 294 g/mol. The molecule has 3 rings (SSSR count).